The molecule has 1 nitrogen and oxygen atoms in total. The third-order valence-electron chi connectivity index (χ3n) is 2.31. The molecule has 3 heteroatoms. The van der Waals surface area contributed by atoms with Crippen LogP contribution in [0.5, 0.6) is 0 Å². The number of aliphatic hydroxyl groups is 1. The third kappa shape index (κ3) is 4.18. The van der Waals surface area contributed by atoms with Crippen molar-refractivity contribution in [3.63, 3.8) is 0 Å². The summed E-state index contributed by atoms with van der Waals surface area (Å²) in [7, 11) is 0. The fraction of sp³-hybridized carbons (Fsp3) is 0.500. The van der Waals surface area contributed by atoms with Crippen molar-refractivity contribution in [2.45, 2.75) is 32.8 Å². The molecule has 2 atom stereocenters. The Morgan fingerprint density at radius 1 is 1.40 bits per heavy atom. The van der Waals surface area contributed by atoms with Gasteiger partial charge in [-0.1, -0.05) is 24.6 Å². The van der Waals surface area contributed by atoms with E-state index in [1.807, 2.05) is 13.0 Å². The summed E-state index contributed by atoms with van der Waals surface area (Å²) in [6.45, 7) is 3.80. The second-order valence-electron chi connectivity index (χ2n) is 4.14. The first-order valence-corrected chi connectivity index (χ1v) is 5.49. The fourth-order valence-corrected chi connectivity index (χ4v) is 1.85. The molecule has 0 aromatic heterocycles. The molecule has 0 fully saturated rings. The van der Waals surface area contributed by atoms with Crippen LogP contribution in [0, 0.1) is 11.7 Å². The fourth-order valence-electron chi connectivity index (χ4n) is 1.73. The molecule has 2 unspecified atom stereocenters. The van der Waals surface area contributed by atoms with Crippen molar-refractivity contribution < 1.29 is 9.50 Å². The van der Waals surface area contributed by atoms with Crippen LogP contribution in [0.15, 0.2) is 18.2 Å². The van der Waals surface area contributed by atoms with Crippen LogP contribution in [-0.4, -0.2) is 11.2 Å². The lowest BCUT2D eigenvalue weighted by Gasteiger charge is -2.13. The Labute approximate surface area is 94.9 Å². The summed E-state index contributed by atoms with van der Waals surface area (Å²) in [6.07, 6.45) is 1.18. The lowest BCUT2D eigenvalue weighted by atomic mass is 9.96. The first-order chi connectivity index (χ1) is 6.99. The summed E-state index contributed by atoms with van der Waals surface area (Å²) in [5, 5.41) is 9.36. The van der Waals surface area contributed by atoms with Crippen LogP contribution in [-0.2, 0) is 6.42 Å². The molecule has 0 radical (unpaired) electrons. The van der Waals surface area contributed by atoms with Crippen LogP contribution in [0.2, 0.25) is 5.02 Å². The van der Waals surface area contributed by atoms with Gasteiger partial charge in [-0.2, -0.15) is 0 Å². The lowest BCUT2D eigenvalue weighted by Crippen LogP contribution is -2.09. The predicted octanol–water partition coefficient (Wildman–Crippen LogP) is 3.43. The smallest absolute Gasteiger partial charge is 0.142 e. The van der Waals surface area contributed by atoms with Crippen molar-refractivity contribution in [3.05, 3.63) is 34.6 Å². The highest BCUT2D eigenvalue weighted by atomic mass is 35.5. The Hall–Kier alpha value is -0.600. The van der Waals surface area contributed by atoms with Gasteiger partial charge in [0.2, 0.25) is 0 Å². The maximum atomic E-state index is 13.1. The molecule has 0 aliphatic carbocycles. The summed E-state index contributed by atoms with van der Waals surface area (Å²) < 4.78 is 13.1. The van der Waals surface area contributed by atoms with Crippen LogP contribution in [0.25, 0.3) is 0 Å². The molecule has 0 saturated carbocycles. The van der Waals surface area contributed by atoms with Crippen molar-refractivity contribution in [3.8, 4) is 0 Å². The topological polar surface area (TPSA) is 20.2 Å². The zero-order valence-electron chi connectivity index (χ0n) is 9.00. The Morgan fingerprint density at radius 3 is 2.60 bits per heavy atom. The van der Waals surface area contributed by atoms with Crippen molar-refractivity contribution in [1.29, 1.82) is 0 Å². The molecule has 0 aliphatic heterocycles. The van der Waals surface area contributed by atoms with E-state index in [-0.39, 0.29) is 16.9 Å². The summed E-state index contributed by atoms with van der Waals surface area (Å²) in [5.41, 5.74) is 0.921. The minimum Gasteiger partial charge on any atom is -0.393 e. The molecular weight excluding hydrogens is 215 g/mol. The van der Waals surface area contributed by atoms with E-state index in [0.717, 1.165) is 18.4 Å². The quantitative estimate of drug-likeness (QED) is 0.840. The number of aliphatic hydroxyl groups excluding tert-OH is 1. The molecule has 1 N–H and O–H groups in total. The second kappa shape index (κ2) is 5.47. The van der Waals surface area contributed by atoms with Crippen LogP contribution < -0.4 is 0 Å². The minimum absolute atomic E-state index is 0.155. The van der Waals surface area contributed by atoms with E-state index in [4.69, 9.17) is 11.6 Å². The molecule has 1 aromatic rings. The van der Waals surface area contributed by atoms with E-state index < -0.39 is 0 Å². The molecule has 0 saturated heterocycles. The van der Waals surface area contributed by atoms with Crippen molar-refractivity contribution in [1.82, 2.24) is 0 Å². The molecule has 15 heavy (non-hydrogen) atoms. The highest BCUT2D eigenvalue weighted by molar-refractivity contribution is 6.30. The van der Waals surface area contributed by atoms with Crippen molar-refractivity contribution in [2.75, 3.05) is 0 Å². The van der Waals surface area contributed by atoms with Gasteiger partial charge in [0.15, 0.2) is 0 Å². The maximum absolute atomic E-state index is 13.1. The molecule has 0 bridgehead atoms. The monoisotopic (exact) mass is 230 g/mol. The van der Waals surface area contributed by atoms with Gasteiger partial charge in [-0.05, 0) is 43.4 Å². The lowest BCUT2D eigenvalue weighted by molar-refractivity contribution is 0.164. The Bertz CT molecular complexity index is 325. The summed E-state index contributed by atoms with van der Waals surface area (Å²) in [6, 6.07) is 4.85. The highest BCUT2D eigenvalue weighted by Gasteiger charge is 2.08. The van der Waals surface area contributed by atoms with Gasteiger partial charge in [0, 0.05) is 0 Å². The molecule has 0 aliphatic rings. The normalized spacial score (nSPS) is 15.0. The largest absolute Gasteiger partial charge is 0.393 e. The summed E-state index contributed by atoms with van der Waals surface area (Å²) >= 11 is 5.59. The van der Waals surface area contributed by atoms with Gasteiger partial charge < -0.3 is 5.11 Å². The van der Waals surface area contributed by atoms with E-state index in [1.54, 1.807) is 13.0 Å². The van der Waals surface area contributed by atoms with Gasteiger partial charge in [-0.25, -0.2) is 4.39 Å². The van der Waals surface area contributed by atoms with E-state index in [9.17, 15) is 9.50 Å². The number of halogens is 2. The Kier molecular flexibility index (Phi) is 4.55. The first kappa shape index (κ1) is 12.5. The van der Waals surface area contributed by atoms with Crippen LogP contribution >= 0.6 is 11.6 Å². The SMILES string of the molecule is CC(O)CC(C)Cc1ccc(Cl)c(F)c1. The van der Waals surface area contributed by atoms with Gasteiger partial charge in [-0.15, -0.1) is 0 Å². The molecule has 1 aromatic carbocycles. The van der Waals surface area contributed by atoms with Crippen molar-refractivity contribution in [2.24, 2.45) is 5.92 Å². The number of hydrogen-bond acceptors (Lipinski definition) is 1. The average molecular weight is 231 g/mol. The van der Waals surface area contributed by atoms with Gasteiger partial charge in [0.1, 0.15) is 5.82 Å². The van der Waals surface area contributed by atoms with Gasteiger partial charge in [0.25, 0.3) is 0 Å². The number of hydrogen-bond donors (Lipinski definition) is 1. The Balaban J connectivity index is 2.60. The number of benzene rings is 1. The predicted molar refractivity (Wildman–Crippen MR) is 60.6 cm³/mol. The summed E-state index contributed by atoms with van der Waals surface area (Å²) in [5.74, 6) is -0.0380. The molecule has 0 heterocycles. The minimum atomic E-state index is -0.376. The van der Waals surface area contributed by atoms with Gasteiger partial charge in [0.05, 0.1) is 11.1 Å². The van der Waals surface area contributed by atoms with Crippen LogP contribution in [0.1, 0.15) is 25.8 Å². The summed E-state index contributed by atoms with van der Waals surface area (Å²) in [4.78, 5) is 0. The zero-order valence-corrected chi connectivity index (χ0v) is 9.76. The zero-order chi connectivity index (χ0) is 11.4. The standard InChI is InChI=1S/C12H16ClFO/c1-8(5-9(2)15)6-10-3-4-11(13)12(14)7-10/h3-4,7-9,15H,5-6H2,1-2H3. The second-order valence-corrected chi connectivity index (χ2v) is 4.55. The Morgan fingerprint density at radius 2 is 2.07 bits per heavy atom. The maximum Gasteiger partial charge on any atom is 0.142 e. The van der Waals surface area contributed by atoms with Crippen LogP contribution in [0.4, 0.5) is 4.39 Å². The number of rotatable bonds is 4. The van der Waals surface area contributed by atoms with Crippen LogP contribution in [0.3, 0.4) is 0 Å². The van der Waals surface area contributed by atoms with Gasteiger partial charge >= 0.3 is 0 Å². The molecule has 84 valence electrons. The molecular formula is C12H16ClFO. The highest BCUT2D eigenvalue weighted by Crippen LogP contribution is 2.19. The molecule has 1 rings (SSSR count). The first-order valence-electron chi connectivity index (χ1n) is 5.11. The average Bonchev–Trinajstić information content (AvgIpc) is 2.10. The van der Waals surface area contributed by atoms with E-state index in [0.29, 0.717) is 5.92 Å². The molecule has 0 amide bonds. The van der Waals surface area contributed by atoms with E-state index >= 15 is 0 Å². The third-order valence-corrected chi connectivity index (χ3v) is 2.62. The van der Waals surface area contributed by atoms with Crippen molar-refractivity contribution >= 4 is 11.6 Å². The van der Waals surface area contributed by atoms with E-state index in [2.05, 4.69) is 0 Å². The van der Waals surface area contributed by atoms with E-state index in [1.165, 1.54) is 6.07 Å². The molecule has 0 spiro atoms. The van der Waals surface area contributed by atoms with Gasteiger partial charge in [-0.3, -0.25) is 0 Å².